The Labute approximate surface area is 230 Å². The Morgan fingerprint density at radius 3 is 2.55 bits per heavy atom. The minimum Gasteiger partial charge on any atom is -0.437 e. The number of nitrogens with zero attached hydrogens (tertiary/aromatic N) is 4. The summed E-state index contributed by atoms with van der Waals surface area (Å²) < 4.78 is 54.3. The van der Waals surface area contributed by atoms with Crippen LogP contribution in [0.5, 0.6) is 11.6 Å². The van der Waals surface area contributed by atoms with Crippen LogP contribution in [0.2, 0.25) is 5.02 Å². The molecule has 2 aromatic heterocycles. The van der Waals surface area contributed by atoms with Gasteiger partial charge in [-0.05, 0) is 36.4 Å². The molecule has 0 radical (unpaired) electrons. The predicted octanol–water partition coefficient (Wildman–Crippen LogP) is 5.55. The third-order valence-electron chi connectivity index (χ3n) is 6.14. The molecular formula is C26H22ClF3N6O4. The molecule has 0 unspecified atom stereocenters. The number of carbonyl (C=O) groups is 2. The summed E-state index contributed by atoms with van der Waals surface area (Å²) in [5, 5.41) is 4.96. The number of hydrogen-bond acceptors (Lipinski definition) is 6. The molecule has 2 N–H and O–H groups in total. The van der Waals surface area contributed by atoms with Gasteiger partial charge in [0, 0.05) is 38.1 Å². The highest BCUT2D eigenvalue weighted by molar-refractivity contribution is 6.34. The van der Waals surface area contributed by atoms with E-state index >= 15 is 0 Å². The van der Waals surface area contributed by atoms with Gasteiger partial charge in [0.2, 0.25) is 5.88 Å². The highest BCUT2D eigenvalue weighted by Gasteiger charge is 2.37. The van der Waals surface area contributed by atoms with Crippen molar-refractivity contribution in [2.24, 2.45) is 7.05 Å². The van der Waals surface area contributed by atoms with Crippen molar-refractivity contribution in [3.8, 4) is 11.6 Å². The van der Waals surface area contributed by atoms with Gasteiger partial charge in [0.1, 0.15) is 17.6 Å². The van der Waals surface area contributed by atoms with Crippen LogP contribution in [0.1, 0.15) is 15.9 Å². The molecule has 10 nitrogen and oxygen atoms in total. The van der Waals surface area contributed by atoms with Gasteiger partial charge in [0.25, 0.3) is 5.91 Å². The molecule has 0 saturated carbocycles. The SMILES string of the molecule is Cn1ccc2ncnc(Oc3ccc(NC(=O)Nc4ccc(C(=O)N5CCOCC5)c(C(F)(F)F)c4)c(Cl)c3)c21. The average Bonchev–Trinajstić information content (AvgIpc) is 3.31. The first-order valence-electron chi connectivity index (χ1n) is 12.0. The van der Waals surface area contributed by atoms with Gasteiger partial charge in [0.15, 0.2) is 0 Å². The van der Waals surface area contributed by atoms with Crippen LogP contribution in [0.3, 0.4) is 0 Å². The fourth-order valence-electron chi connectivity index (χ4n) is 4.20. The number of carbonyl (C=O) groups excluding carboxylic acids is 2. The molecule has 2 aromatic carbocycles. The Kier molecular flexibility index (Phi) is 7.50. The summed E-state index contributed by atoms with van der Waals surface area (Å²) in [6.07, 6.45) is -1.63. The standard InChI is InChI=1S/C26H22ClF3N6O4/c1-35-7-6-21-22(35)23(32-14-31-21)40-16-3-5-20(19(27)13-16)34-25(38)33-15-2-4-17(18(12-15)26(28,29)30)24(37)36-8-10-39-11-9-36/h2-7,12-14H,8-11H2,1H3,(H2,33,34,38). The second kappa shape index (κ2) is 11.0. The highest BCUT2D eigenvalue weighted by atomic mass is 35.5. The van der Waals surface area contributed by atoms with Gasteiger partial charge in [-0.3, -0.25) is 4.79 Å². The van der Waals surface area contributed by atoms with Crippen LogP contribution in [0, 0.1) is 0 Å². The summed E-state index contributed by atoms with van der Waals surface area (Å²) in [5.74, 6) is -0.105. The first-order valence-corrected chi connectivity index (χ1v) is 12.4. The third kappa shape index (κ3) is 5.80. The molecular weight excluding hydrogens is 553 g/mol. The fraction of sp³-hybridized carbons (Fsp3) is 0.231. The van der Waals surface area contributed by atoms with Crippen molar-refractivity contribution in [3.05, 3.63) is 71.1 Å². The van der Waals surface area contributed by atoms with Gasteiger partial charge in [0.05, 0.1) is 40.6 Å². The molecule has 208 valence electrons. The molecule has 0 bridgehead atoms. The minimum atomic E-state index is -4.82. The number of urea groups is 1. The number of ether oxygens (including phenoxy) is 2. The molecule has 1 aliphatic heterocycles. The number of alkyl halides is 3. The quantitative estimate of drug-likeness (QED) is 0.323. The third-order valence-corrected chi connectivity index (χ3v) is 6.45. The van der Waals surface area contributed by atoms with Crippen LogP contribution in [0.15, 0.2) is 55.0 Å². The number of fused-ring (bicyclic) bond motifs is 1. The highest BCUT2D eigenvalue weighted by Crippen LogP contribution is 2.35. The molecule has 4 aromatic rings. The maximum Gasteiger partial charge on any atom is 0.417 e. The van der Waals surface area contributed by atoms with Gasteiger partial charge in [-0.15, -0.1) is 0 Å². The van der Waals surface area contributed by atoms with E-state index in [-0.39, 0.29) is 42.7 Å². The van der Waals surface area contributed by atoms with Crippen LogP contribution < -0.4 is 15.4 Å². The molecule has 1 saturated heterocycles. The van der Waals surface area contributed by atoms with E-state index in [2.05, 4.69) is 20.6 Å². The number of rotatable bonds is 5. The molecule has 1 aliphatic rings. The van der Waals surface area contributed by atoms with Gasteiger partial charge in [-0.1, -0.05) is 11.6 Å². The zero-order chi connectivity index (χ0) is 28.4. The lowest BCUT2D eigenvalue weighted by molar-refractivity contribution is -0.138. The van der Waals surface area contributed by atoms with Crippen molar-refractivity contribution < 1.29 is 32.2 Å². The van der Waals surface area contributed by atoms with Crippen LogP contribution in [-0.4, -0.2) is 57.7 Å². The number of anilines is 2. The number of halogens is 4. The predicted molar refractivity (Wildman–Crippen MR) is 141 cm³/mol. The topological polar surface area (TPSA) is 111 Å². The number of benzene rings is 2. The second-order valence-corrected chi connectivity index (χ2v) is 9.23. The van der Waals surface area contributed by atoms with Gasteiger partial charge in [-0.2, -0.15) is 18.2 Å². The van der Waals surface area contributed by atoms with Gasteiger partial charge < -0.3 is 29.6 Å². The van der Waals surface area contributed by atoms with E-state index in [1.807, 2.05) is 23.9 Å². The number of nitrogens with one attached hydrogen (secondary N) is 2. The van der Waals surface area contributed by atoms with E-state index in [0.29, 0.717) is 22.7 Å². The molecule has 0 spiro atoms. The Hall–Kier alpha value is -4.36. The Balaban J connectivity index is 1.29. The zero-order valence-electron chi connectivity index (χ0n) is 21.0. The van der Waals surface area contributed by atoms with Crippen molar-refractivity contribution in [3.63, 3.8) is 0 Å². The Morgan fingerprint density at radius 2 is 1.82 bits per heavy atom. The van der Waals surface area contributed by atoms with Crippen molar-refractivity contribution in [1.29, 1.82) is 0 Å². The lowest BCUT2D eigenvalue weighted by Gasteiger charge is -2.28. The number of aryl methyl sites for hydroxylation is 1. The normalized spacial score (nSPS) is 13.8. The van der Waals surface area contributed by atoms with Crippen molar-refractivity contribution in [2.75, 3.05) is 36.9 Å². The van der Waals surface area contributed by atoms with Gasteiger partial charge in [-0.25, -0.2) is 9.78 Å². The van der Waals surface area contributed by atoms with Gasteiger partial charge >= 0.3 is 12.2 Å². The first-order chi connectivity index (χ1) is 19.1. The summed E-state index contributed by atoms with van der Waals surface area (Å²) in [5.41, 5.74) is -0.256. The molecule has 3 amide bonds. The molecule has 1 fully saturated rings. The summed E-state index contributed by atoms with van der Waals surface area (Å²) in [4.78, 5) is 35.0. The Morgan fingerprint density at radius 1 is 1.05 bits per heavy atom. The van der Waals surface area contributed by atoms with Crippen molar-refractivity contribution in [2.45, 2.75) is 6.18 Å². The number of amides is 3. The van der Waals surface area contributed by atoms with Crippen molar-refractivity contribution in [1.82, 2.24) is 19.4 Å². The van der Waals surface area contributed by atoms with E-state index in [1.165, 1.54) is 29.4 Å². The molecule has 0 aliphatic carbocycles. The van der Waals surface area contributed by atoms with E-state index in [1.54, 1.807) is 6.07 Å². The molecule has 0 atom stereocenters. The minimum absolute atomic E-state index is 0.118. The molecule has 3 heterocycles. The summed E-state index contributed by atoms with van der Waals surface area (Å²) in [6.45, 7) is 0.886. The Bertz CT molecular complexity index is 1590. The molecule has 5 rings (SSSR count). The lowest BCUT2D eigenvalue weighted by atomic mass is 10.0. The molecule has 14 heteroatoms. The first kappa shape index (κ1) is 27.2. The maximum atomic E-state index is 13.8. The van der Waals surface area contributed by atoms with E-state index in [4.69, 9.17) is 21.1 Å². The van der Waals surface area contributed by atoms with Crippen LogP contribution in [0.4, 0.5) is 29.3 Å². The summed E-state index contributed by atoms with van der Waals surface area (Å²) in [7, 11) is 1.82. The van der Waals surface area contributed by atoms with E-state index in [9.17, 15) is 22.8 Å². The zero-order valence-corrected chi connectivity index (χ0v) is 21.7. The lowest BCUT2D eigenvalue weighted by Crippen LogP contribution is -2.41. The number of aromatic nitrogens is 3. The summed E-state index contributed by atoms with van der Waals surface area (Å²) >= 11 is 6.33. The summed E-state index contributed by atoms with van der Waals surface area (Å²) in [6, 6.07) is 8.46. The molecule has 40 heavy (non-hydrogen) atoms. The maximum absolute atomic E-state index is 13.8. The smallest absolute Gasteiger partial charge is 0.417 e. The fourth-order valence-corrected chi connectivity index (χ4v) is 4.42. The number of hydrogen-bond donors (Lipinski definition) is 2. The number of morpholine rings is 1. The average molecular weight is 575 g/mol. The van der Waals surface area contributed by atoms with Crippen LogP contribution >= 0.6 is 11.6 Å². The van der Waals surface area contributed by atoms with Crippen LogP contribution in [0.25, 0.3) is 11.0 Å². The van der Waals surface area contributed by atoms with E-state index in [0.717, 1.165) is 12.1 Å². The second-order valence-electron chi connectivity index (χ2n) is 8.82. The van der Waals surface area contributed by atoms with E-state index < -0.39 is 29.2 Å². The van der Waals surface area contributed by atoms with Crippen molar-refractivity contribution >= 4 is 45.9 Å². The largest absolute Gasteiger partial charge is 0.437 e. The monoisotopic (exact) mass is 574 g/mol. The van der Waals surface area contributed by atoms with Crippen LogP contribution in [-0.2, 0) is 18.0 Å².